The number of ether oxygens (including phenoxy) is 1. The predicted octanol–water partition coefficient (Wildman–Crippen LogP) is 4.19. The van der Waals surface area contributed by atoms with E-state index in [2.05, 4.69) is 10.3 Å². The number of hydrogen-bond donors (Lipinski definition) is 2. The minimum Gasteiger partial charge on any atom is -0.466 e. The number of para-hydroxylation sites is 1. The molecule has 140 valence electrons. The summed E-state index contributed by atoms with van der Waals surface area (Å²) in [6, 6.07) is 9.76. The first-order valence-electron chi connectivity index (χ1n) is 9.71. The molecule has 0 bridgehead atoms. The van der Waals surface area contributed by atoms with Crippen LogP contribution in [0.15, 0.2) is 30.3 Å². The van der Waals surface area contributed by atoms with Crippen LogP contribution in [0.25, 0.3) is 10.9 Å². The predicted molar refractivity (Wildman–Crippen MR) is 102 cm³/mol. The molecule has 0 aliphatic heterocycles. The van der Waals surface area contributed by atoms with Crippen LogP contribution in [0.1, 0.15) is 62.4 Å². The van der Waals surface area contributed by atoms with Gasteiger partial charge in [-0.1, -0.05) is 37.5 Å². The number of amides is 1. The van der Waals surface area contributed by atoms with Crippen LogP contribution >= 0.6 is 0 Å². The Morgan fingerprint density at radius 1 is 1.23 bits per heavy atom. The summed E-state index contributed by atoms with van der Waals surface area (Å²) >= 11 is 0. The highest BCUT2D eigenvalue weighted by Gasteiger charge is 2.26. The summed E-state index contributed by atoms with van der Waals surface area (Å²) in [7, 11) is 0. The fourth-order valence-corrected chi connectivity index (χ4v) is 3.91. The van der Waals surface area contributed by atoms with Gasteiger partial charge in [-0.05, 0) is 44.2 Å². The Morgan fingerprint density at radius 2 is 2.00 bits per heavy atom. The number of benzene rings is 1. The lowest BCUT2D eigenvalue weighted by Gasteiger charge is -2.30. The van der Waals surface area contributed by atoms with Gasteiger partial charge in [-0.15, -0.1) is 0 Å². The van der Waals surface area contributed by atoms with Gasteiger partial charge in [0, 0.05) is 23.4 Å². The fraction of sp³-hybridized carbons (Fsp3) is 0.524. The van der Waals surface area contributed by atoms with E-state index in [4.69, 9.17) is 4.74 Å². The van der Waals surface area contributed by atoms with Gasteiger partial charge >= 0.3 is 5.97 Å². The summed E-state index contributed by atoms with van der Waals surface area (Å²) in [5.41, 5.74) is 1.53. The van der Waals surface area contributed by atoms with Gasteiger partial charge in [-0.2, -0.15) is 0 Å². The van der Waals surface area contributed by atoms with E-state index in [0.717, 1.165) is 23.7 Å². The number of aromatic nitrogens is 1. The van der Waals surface area contributed by atoms with Crippen molar-refractivity contribution >= 4 is 22.8 Å². The van der Waals surface area contributed by atoms with Crippen molar-refractivity contribution in [2.75, 3.05) is 6.61 Å². The summed E-state index contributed by atoms with van der Waals surface area (Å²) < 4.78 is 5.05. The number of aromatic amines is 1. The molecule has 5 heteroatoms. The summed E-state index contributed by atoms with van der Waals surface area (Å²) in [6.45, 7) is 2.21. The zero-order chi connectivity index (χ0) is 18.4. The lowest BCUT2D eigenvalue weighted by atomic mass is 9.82. The number of rotatable bonds is 7. The Balaban J connectivity index is 1.68. The van der Waals surface area contributed by atoms with Crippen LogP contribution in [0.5, 0.6) is 0 Å². The standard InChI is InChI=1S/C21H28N2O3/c1-2-26-20(24)13-12-18(15-8-4-3-5-9-15)23-21(25)19-14-16-10-6-7-11-17(16)22-19/h6-7,10-11,14-15,18,22H,2-5,8-9,12-13H2,1H3,(H,23,25). The van der Waals surface area contributed by atoms with E-state index in [-0.39, 0.29) is 17.9 Å². The molecule has 2 N–H and O–H groups in total. The van der Waals surface area contributed by atoms with Gasteiger partial charge in [0.25, 0.3) is 5.91 Å². The topological polar surface area (TPSA) is 71.2 Å². The van der Waals surface area contributed by atoms with Crippen molar-refractivity contribution in [2.24, 2.45) is 5.92 Å². The van der Waals surface area contributed by atoms with E-state index in [1.807, 2.05) is 37.3 Å². The molecule has 1 amide bonds. The molecular weight excluding hydrogens is 328 g/mol. The van der Waals surface area contributed by atoms with Crippen molar-refractivity contribution < 1.29 is 14.3 Å². The Labute approximate surface area is 154 Å². The molecule has 0 radical (unpaired) electrons. The van der Waals surface area contributed by atoms with Crippen LogP contribution in [0, 0.1) is 5.92 Å². The lowest BCUT2D eigenvalue weighted by molar-refractivity contribution is -0.143. The summed E-state index contributed by atoms with van der Waals surface area (Å²) in [6.07, 6.45) is 6.86. The first-order chi connectivity index (χ1) is 12.7. The second-order valence-electron chi connectivity index (χ2n) is 7.09. The molecule has 5 nitrogen and oxygen atoms in total. The van der Waals surface area contributed by atoms with E-state index in [1.54, 1.807) is 0 Å². The minimum absolute atomic E-state index is 0.0126. The van der Waals surface area contributed by atoms with Crippen molar-refractivity contribution in [3.63, 3.8) is 0 Å². The maximum Gasteiger partial charge on any atom is 0.305 e. The summed E-state index contributed by atoms with van der Waals surface area (Å²) in [5, 5.41) is 4.21. The first kappa shape index (κ1) is 18.5. The van der Waals surface area contributed by atoms with Crippen LogP contribution < -0.4 is 5.32 Å². The maximum absolute atomic E-state index is 12.8. The quantitative estimate of drug-likeness (QED) is 0.731. The van der Waals surface area contributed by atoms with E-state index in [0.29, 0.717) is 31.1 Å². The molecule has 1 aromatic heterocycles. The highest BCUT2D eigenvalue weighted by atomic mass is 16.5. The van der Waals surface area contributed by atoms with Gasteiger partial charge in [-0.3, -0.25) is 9.59 Å². The number of esters is 1. The molecule has 2 aromatic rings. The van der Waals surface area contributed by atoms with Crippen LogP contribution in [-0.2, 0) is 9.53 Å². The summed E-state index contributed by atoms with van der Waals surface area (Å²) in [4.78, 5) is 27.7. The van der Waals surface area contributed by atoms with Crippen molar-refractivity contribution in [3.05, 3.63) is 36.0 Å². The molecule has 1 aliphatic carbocycles. The molecule has 0 spiro atoms. The van der Waals surface area contributed by atoms with Gasteiger partial charge in [0.05, 0.1) is 6.61 Å². The zero-order valence-electron chi connectivity index (χ0n) is 15.4. The molecule has 1 aromatic carbocycles. The third kappa shape index (κ3) is 4.65. The zero-order valence-corrected chi connectivity index (χ0v) is 15.4. The second-order valence-corrected chi connectivity index (χ2v) is 7.09. The molecule has 26 heavy (non-hydrogen) atoms. The molecular formula is C21H28N2O3. The van der Waals surface area contributed by atoms with E-state index < -0.39 is 0 Å². The highest BCUT2D eigenvalue weighted by molar-refractivity contribution is 5.98. The molecule has 1 heterocycles. The molecule has 1 aliphatic rings. The number of fused-ring (bicyclic) bond motifs is 1. The Bertz CT molecular complexity index is 714. The normalized spacial score (nSPS) is 16.3. The maximum atomic E-state index is 12.8. The Morgan fingerprint density at radius 3 is 2.73 bits per heavy atom. The lowest BCUT2D eigenvalue weighted by Crippen LogP contribution is -2.41. The van der Waals surface area contributed by atoms with Crippen molar-refractivity contribution in [3.8, 4) is 0 Å². The smallest absolute Gasteiger partial charge is 0.305 e. The fourth-order valence-electron chi connectivity index (χ4n) is 3.91. The van der Waals surface area contributed by atoms with Gasteiger partial charge in [0.1, 0.15) is 5.69 Å². The molecule has 1 unspecified atom stereocenters. The van der Waals surface area contributed by atoms with Crippen molar-refractivity contribution in [1.29, 1.82) is 0 Å². The first-order valence-corrected chi connectivity index (χ1v) is 9.71. The van der Waals surface area contributed by atoms with Crippen LogP contribution in [0.2, 0.25) is 0 Å². The Hall–Kier alpha value is -2.30. The monoisotopic (exact) mass is 356 g/mol. The molecule has 1 fully saturated rings. The van der Waals surface area contributed by atoms with E-state index in [9.17, 15) is 9.59 Å². The SMILES string of the molecule is CCOC(=O)CCC(NC(=O)c1cc2ccccc2[nH]1)C1CCCCC1. The van der Waals surface area contributed by atoms with Crippen LogP contribution in [0.3, 0.4) is 0 Å². The molecule has 3 rings (SSSR count). The second kappa shape index (κ2) is 8.88. The number of H-pyrrole nitrogens is 1. The van der Waals surface area contributed by atoms with Crippen LogP contribution in [-0.4, -0.2) is 29.5 Å². The van der Waals surface area contributed by atoms with E-state index >= 15 is 0 Å². The third-order valence-electron chi connectivity index (χ3n) is 5.27. The minimum atomic E-state index is -0.187. The van der Waals surface area contributed by atoms with Crippen molar-refractivity contribution in [1.82, 2.24) is 10.3 Å². The van der Waals surface area contributed by atoms with Crippen LogP contribution in [0.4, 0.5) is 0 Å². The summed E-state index contributed by atoms with van der Waals surface area (Å²) in [5.74, 6) is 0.153. The third-order valence-corrected chi connectivity index (χ3v) is 5.27. The van der Waals surface area contributed by atoms with Gasteiger partial charge in [0.15, 0.2) is 0 Å². The van der Waals surface area contributed by atoms with E-state index in [1.165, 1.54) is 19.3 Å². The van der Waals surface area contributed by atoms with Gasteiger partial charge in [0.2, 0.25) is 0 Å². The molecule has 0 saturated heterocycles. The molecule has 1 saturated carbocycles. The average molecular weight is 356 g/mol. The Kier molecular flexibility index (Phi) is 6.31. The number of nitrogens with one attached hydrogen (secondary N) is 2. The number of hydrogen-bond acceptors (Lipinski definition) is 3. The van der Waals surface area contributed by atoms with Crippen molar-refractivity contribution in [2.45, 2.75) is 57.9 Å². The van der Waals surface area contributed by atoms with Gasteiger partial charge < -0.3 is 15.0 Å². The number of carbonyl (C=O) groups is 2. The van der Waals surface area contributed by atoms with Gasteiger partial charge in [-0.25, -0.2) is 0 Å². The number of carbonyl (C=O) groups excluding carboxylic acids is 2. The average Bonchev–Trinajstić information content (AvgIpc) is 3.10. The molecule has 1 atom stereocenters. The highest BCUT2D eigenvalue weighted by Crippen LogP contribution is 2.28. The largest absolute Gasteiger partial charge is 0.466 e.